The number of hydrogen-bond donors (Lipinski definition) is 1. The minimum atomic E-state index is -0.466. The van der Waals surface area contributed by atoms with Gasteiger partial charge in [-0.15, -0.1) is 10.2 Å². The molecule has 0 bridgehead atoms. The molecule has 0 aliphatic carbocycles. The van der Waals surface area contributed by atoms with Crippen LogP contribution in [0.15, 0.2) is 30.9 Å². The summed E-state index contributed by atoms with van der Waals surface area (Å²) in [6.45, 7) is 0.273. The lowest BCUT2D eigenvalue weighted by Gasteiger charge is -2.20. The van der Waals surface area contributed by atoms with E-state index in [4.69, 9.17) is 9.47 Å². The second kappa shape index (κ2) is 6.57. The van der Waals surface area contributed by atoms with Gasteiger partial charge in [-0.3, -0.25) is 15.0 Å². The number of hydrogen-bond acceptors (Lipinski definition) is 6. The average molecular weight is 331 g/mol. The van der Waals surface area contributed by atoms with Gasteiger partial charge in [-0.1, -0.05) is 0 Å². The van der Waals surface area contributed by atoms with Crippen molar-refractivity contribution in [2.45, 2.75) is 6.42 Å². The maximum absolute atomic E-state index is 12.3. The standard InChI is InChI=1S/C15H17N5O4/c1-23-11-3-4-12(13(6-11)24-2)20-7-10(5-14(20)21)15(22)18-19-8-16-17-9-19/h3-4,6,8-10H,5,7H2,1-2H3,(H,18,22)/t10-/m1/s1. The topological polar surface area (TPSA) is 98.6 Å². The number of carbonyl (C=O) groups is 2. The molecule has 9 heteroatoms. The number of methoxy groups -OCH3 is 2. The van der Waals surface area contributed by atoms with Gasteiger partial charge < -0.3 is 14.4 Å². The van der Waals surface area contributed by atoms with E-state index in [1.165, 1.54) is 24.4 Å². The highest BCUT2D eigenvalue weighted by molar-refractivity contribution is 6.02. The number of anilines is 1. The molecule has 1 saturated heterocycles. The molecule has 1 aliphatic heterocycles. The SMILES string of the molecule is COc1ccc(N2C[C@H](C(=O)Nn3cnnc3)CC2=O)c(OC)c1. The van der Waals surface area contributed by atoms with Crippen LogP contribution in [0.5, 0.6) is 11.5 Å². The largest absolute Gasteiger partial charge is 0.497 e. The van der Waals surface area contributed by atoms with E-state index in [-0.39, 0.29) is 24.8 Å². The van der Waals surface area contributed by atoms with E-state index in [9.17, 15) is 9.59 Å². The van der Waals surface area contributed by atoms with E-state index in [1.54, 1.807) is 30.2 Å². The van der Waals surface area contributed by atoms with Crippen LogP contribution < -0.4 is 19.8 Å². The summed E-state index contributed by atoms with van der Waals surface area (Å²) in [4.78, 5) is 26.2. The second-order valence-corrected chi connectivity index (χ2v) is 5.29. The first kappa shape index (κ1) is 15.8. The fraction of sp³-hybridized carbons (Fsp3) is 0.333. The van der Waals surface area contributed by atoms with E-state index < -0.39 is 5.92 Å². The molecule has 126 valence electrons. The molecule has 1 aliphatic rings. The third-order valence-electron chi connectivity index (χ3n) is 3.83. The molecule has 2 amide bonds. The van der Waals surface area contributed by atoms with Gasteiger partial charge in [0.2, 0.25) is 11.8 Å². The van der Waals surface area contributed by atoms with Gasteiger partial charge in [-0.2, -0.15) is 0 Å². The van der Waals surface area contributed by atoms with Crippen molar-refractivity contribution in [3.63, 3.8) is 0 Å². The minimum Gasteiger partial charge on any atom is -0.497 e. The van der Waals surface area contributed by atoms with E-state index in [1.807, 2.05) is 0 Å². The molecule has 0 unspecified atom stereocenters. The predicted octanol–water partition coefficient (Wildman–Crippen LogP) is 0.418. The Morgan fingerprint density at radius 2 is 2.00 bits per heavy atom. The van der Waals surface area contributed by atoms with Crippen molar-refractivity contribution in [1.29, 1.82) is 0 Å². The quantitative estimate of drug-likeness (QED) is 0.852. The molecule has 1 aromatic carbocycles. The van der Waals surface area contributed by atoms with Crippen molar-refractivity contribution in [2.24, 2.45) is 5.92 Å². The Kier molecular flexibility index (Phi) is 4.32. The maximum Gasteiger partial charge on any atom is 0.244 e. The first-order valence-corrected chi connectivity index (χ1v) is 7.30. The predicted molar refractivity (Wildman–Crippen MR) is 84.4 cm³/mol. The summed E-state index contributed by atoms with van der Waals surface area (Å²) in [5, 5.41) is 7.22. The van der Waals surface area contributed by atoms with Crippen LogP contribution in [0.25, 0.3) is 0 Å². The Balaban J connectivity index is 1.76. The highest BCUT2D eigenvalue weighted by Gasteiger charge is 2.36. The van der Waals surface area contributed by atoms with Gasteiger partial charge in [-0.25, -0.2) is 4.68 Å². The highest BCUT2D eigenvalue weighted by Crippen LogP contribution is 2.35. The molecule has 24 heavy (non-hydrogen) atoms. The molecule has 1 fully saturated rings. The zero-order valence-corrected chi connectivity index (χ0v) is 13.3. The Morgan fingerprint density at radius 3 is 2.67 bits per heavy atom. The molecule has 9 nitrogen and oxygen atoms in total. The first-order valence-electron chi connectivity index (χ1n) is 7.30. The van der Waals surface area contributed by atoms with Crippen LogP contribution >= 0.6 is 0 Å². The Bertz CT molecular complexity index is 746. The van der Waals surface area contributed by atoms with E-state index in [2.05, 4.69) is 15.6 Å². The number of nitrogens with one attached hydrogen (secondary N) is 1. The van der Waals surface area contributed by atoms with Crippen LogP contribution in [0.1, 0.15) is 6.42 Å². The van der Waals surface area contributed by atoms with Crippen LogP contribution in [0.4, 0.5) is 5.69 Å². The zero-order chi connectivity index (χ0) is 17.1. The summed E-state index contributed by atoms with van der Waals surface area (Å²) >= 11 is 0. The number of carbonyl (C=O) groups excluding carboxylic acids is 2. The molecular weight excluding hydrogens is 314 g/mol. The molecular formula is C15H17N5O4. The van der Waals surface area contributed by atoms with Gasteiger partial charge in [0.1, 0.15) is 24.2 Å². The van der Waals surface area contributed by atoms with Crippen molar-refractivity contribution >= 4 is 17.5 Å². The van der Waals surface area contributed by atoms with Crippen LogP contribution in [0, 0.1) is 5.92 Å². The fourth-order valence-corrected chi connectivity index (χ4v) is 2.60. The average Bonchev–Trinajstić information content (AvgIpc) is 3.23. The van der Waals surface area contributed by atoms with E-state index >= 15 is 0 Å². The number of ether oxygens (including phenoxy) is 2. The third kappa shape index (κ3) is 3.00. The molecule has 1 atom stereocenters. The van der Waals surface area contributed by atoms with Gasteiger partial charge in [0.15, 0.2) is 0 Å². The smallest absolute Gasteiger partial charge is 0.244 e. The van der Waals surface area contributed by atoms with E-state index in [0.717, 1.165) is 0 Å². The summed E-state index contributed by atoms with van der Waals surface area (Å²) in [6.07, 6.45) is 2.88. The molecule has 1 N–H and O–H groups in total. The second-order valence-electron chi connectivity index (χ2n) is 5.29. The molecule has 0 radical (unpaired) electrons. The minimum absolute atomic E-state index is 0.128. The molecule has 0 spiro atoms. The monoisotopic (exact) mass is 331 g/mol. The molecule has 3 rings (SSSR count). The van der Waals surface area contributed by atoms with Crippen LogP contribution in [0.3, 0.4) is 0 Å². The summed E-state index contributed by atoms with van der Waals surface area (Å²) < 4.78 is 11.8. The number of nitrogens with zero attached hydrogens (tertiary/aromatic N) is 4. The lowest BCUT2D eigenvalue weighted by atomic mass is 10.1. The van der Waals surface area contributed by atoms with Gasteiger partial charge in [0.05, 0.1) is 25.8 Å². The first-order chi connectivity index (χ1) is 11.6. The Hall–Kier alpha value is -3.10. The van der Waals surface area contributed by atoms with Crippen molar-refractivity contribution in [3.8, 4) is 11.5 Å². The van der Waals surface area contributed by atoms with Crippen molar-refractivity contribution < 1.29 is 19.1 Å². The molecule has 2 aromatic rings. The molecule has 2 heterocycles. The third-order valence-corrected chi connectivity index (χ3v) is 3.83. The van der Waals surface area contributed by atoms with Crippen LogP contribution in [-0.4, -0.2) is 47.5 Å². The number of benzene rings is 1. The molecule has 0 saturated carbocycles. The summed E-state index contributed by atoms with van der Waals surface area (Å²) in [5.41, 5.74) is 3.24. The fourth-order valence-electron chi connectivity index (χ4n) is 2.60. The van der Waals surface area contributed by atoms with Crippen LogP contribution in [-0.2, 0) is 9.59 Å². The lowest BCUT2D eigenvalue weighted by Crippen LogP contribution is -2.31. The van der Waals surface area contributed by atoms with Crippen molar-refractivity contribution in [1.82, 2.24) is 14.9 Å². The Morgan fingerprint density at radius 1 is 1.25 bits per heavy atom. The zero-order valence-electron chi connectivity index (χ0n) is 13.3. The van der Waals surface area contributed by atoms with Crippen molar-refractivity contribution in [3.05, 3.63) is 30.9 Å². The number of aromatic nitrogens is 3. The van der Waals surface area contributed by atoms with Crippen LogP contribution in [0.2, 0.25) is 0 Å². The van der Waals surface area contributed by atoms with Crippen molar-refractivity contribution in [2.75, 3.05) is 31.1 Å². The number of rotatable bonds is 5. The van der Waals surface area contributed by atoms with Gasteiger partial charge in [0.25, 0.3) is 0 Å². The number of amides is 2. The van der Waals surface area contributed by atoms with E-state index in [0.29, 0.717) is 17.2 Å². The van der Waals surface area contributed by atoms with Gasteiger partial charge in [-0.05, 0) is 12.1 Å². The summed E-state index contributed by atoms with van der Waals surface area (Å²) in [7, 11) is 3.08. The highest BCUT2D eigenvalue weighted by atomic mass is 16.5. The summed E-state index contributed by atoms with van der Waals surface area (Å²) in [6, 6.07) is 5.19. The normalized spacial score (nSPS) is 17.0. The maximum atomic E-state index is 12.3. The van der Waals surface area contributed by atoms with Gasteiger partial charge >= 0.3 is 0 Å². The molecule has 1 aromatic heterocycles. The Labute approximate surface area is 138 Å². The lowest BCUT2D eigenvalue weighted by molar-refractivity contribution is -0.123. The summed E-state index contributed by atoms with van der Waals surface area (Å²) in [5.74, 6) is 0.277. The van der Waals surface area contributed by atoms with Gasteiger partial charge in [0, 0.05) is 19.0 Å².